The van der Waals surface area contributed by atoms with Crippen LogP contribution in [0.25, 0.3) is 0 Å². The average molecular weight is 797 g/mol. The van der Waals surface area contributed by atoms with Crippen molar-refractivity contribution in [3.8, 4) is 0 Å². The zero-order chi connectivity index (χ0) is 43.8. The highest BCUT2D eigenvalue weighted by Gasteiger charge is 2.41. The lowest BCUT2D eigenvalue weighted by molar-refractivity contribution is -0.157. The number of carboxylic acids is 2. The van der Waals surface area contributed by atoms with Gasteiger partial charge in [-0.2, -0.15) is 0 Å². The van der Waals surface area contributed by atoms with Crippen molar-refractivity contribution in [2.75, 3.05) is 0 Å². The van der Waals surface area contributed by atoms with Crippen LogP contribution in [0.2, 0.25) is 0 Å². The Morgan fingerprint density at radius 2 is 0.862 bits per heavy atom. The molecule has 0 aromatic heterocycles. The molecule has 0 saturated heterocycles. The molecule has 2 N–H and O–H groups in total. The van der Waals surface area contributed by atoms with E-state index in [1.54, 1.807) is 13.8 Å². The molecule has 0 spiro atoms. The van der Waals surface area contributed by atoms with Gasteiger partial charge < -0.3 is 19.7 Å². The van der Waals surface area contributed by atoms with E-state index in [0.717, 1.165) is 33.4 Å². The number of hydrogen-bond acceptors (Lipinski definition) is 8. The van der Waals surface area contributed by atoms with Crippen molar-refractivity contribution in [1.82, 2.24) is 0 Å². The Bertz CT molecular complexity index is 1820. The van der Waals surface area contributed by atoms with E-state index in [1.165, 1.54) is 0 Å². The number of carboxylic acid groups (broad SMARTS) is 2. The smallest absolute Gasteiger partial charge is 0.307 e. The van der Waals surface area contributed by atoms with Gasteiger partial charge in [0.2, 0.25) is 0 Å². The van der Waals surface area contributed by atoms with Gasteiger partial charge in [-0.05, 0) is 74.7 Å². The molecule has 2 aliphatic carbocycles. The van der Waals surface area contributed by atoms with Gasteiger partial charge in [-0.25, -0.2) is 0 Å². The van der Waals surface area contributed by atoms with Crippen LogP contribution in [-0.2, 0) is 38.2 Å². The third-order valence-corrected chi connectivity index (χ3v) is 9.91. The highest BCUT2D eigenvalue weighted by molar-refractivity contribution is 6.02. The molecule has 0 amide bonds. The van der Waals surface area contributed by atoms with Crippen LogP contribution in [0.5, 0.6) is 0 Å². The third kappa shape index (κ3) is 16.1. The van der Waals surface area contributed by atoms with Crippen LogP contribution in [0.15, 0.2) is 130 Å². The molecule has 0 aromatic rings. The van der Waals surface area contributed by atoms with Gasteiger partial charge in [-0.3, -0.25) is 28.8 Å². The molecule has 2 unspecified atom stereocenters. The summed E-state index contributed by atoms with van der Waals surface area (Å²) in [6.07, 6.45) is 25.2. The number of Topliss-reactive ketones (excluding diaryl/α,β-unsaturated/α-hetero) is 2. The van der Waals surface area contributed by atoms with Crippen molar-refractivity contribution in [2.24, 2.45) is 10.8 Å². The maximum absolute atomic E-state index is 13.0. The molecule has 0 bridgehead atoms. The van der Waals surface area contributed by atoms with Crippen molar-refractivity contribution < 1.29 is 48.5 Å². The number of esters is 2. The van der Waals surface area contributed by atoms with E-state index in [1.807, 2.05) is 140 Å². The Kier molecular flexibility index (Phi) is 18.7. The molecule has 0 saturated carbocycles. The average Bonchev–Trinajstić information content (AvgIpc) is 3.12. The molecule has 2 atom stereocenters. The van der Waals surface area contributed by atoms with E-state index in [-0.39, 0.29) is 37.2 Å². The number of carbonyl (C=O) groups is 6. The lowest BCUT2D eigenvalue weighted by Gasteiger charge is -2.36. The van der Waals surface area contributed by atoms with Crippen molar-refractivity contribution in [3.63, 3.8) is 0 Å². The normalized spacial score (nSPS) is 21.1. The SMILES string of the molecule is CC1=C(/C=C/C(C)=C/C=C/C(C)=C/C=C/C=C(C)/C=C/C=C(C)/C=C/C2=C(C)C(=O)C(OC(=O)CCC(=O)O)CC2(C)C)C(C)(C)CC(OC(=O)CCC(=O)O)C1=O. The number of allylic oxidation sites excluding steroid dienone is 20. The summed E-state index contributed by atoms with van der Waals surface area (Å²) < 4.78 is 10.7. The lowest BCUT2D eigenvalue weighted by Crippen LogP contribution is -2.39. The molecule has 0 aromatic carbocycles. The fourth-order valence-corrected chi connectivity index (χ4v) is 6.61. The second-order valence-corrected chi connectivity index (χ2v) is 16.1. The summed E-state index contributed by atoms with van der Waals surface area (Å²) in [5, 5.41) is 17.6. The highest BCUT2D eigenvalue weighted by atomic mass is 16.6. The molecule has 10 nitrogen and oxygen atoms in total. The van der Waals surface area contributed by atoms with Gasteiger partial charge in [0.25, 0.3) is 0 Å². The molecule has 312 valence electrons. The number of ether oxygens (including phenoxy) is 2. The van der Waals surface area contributed by atoms with Gasteiger partial charge in [0.15, 0.2) is 23.8 Å². The maximum Gasteiger partial charge on any atom is 0.307 e. The Morgan fingerprint density at radius 3 is 1.19 bits per heavy atom. The van der Waals surface area contributed by atoms with E-state index >= 15 is 0 Å². The zero-order valence-electron chi connectivity index (χ0n) is 35.6. The van der Waals surface area contributed by atoms with Crippen LogP contribution in [0.4, 0.5) is 0 Å². The van der Waals surface area contributed by atoms with Gasteiger partial charge in [0.05, 0.1) is 25.7 Å². The van der Waals surface area contributed by atoms with E-state index < -0.39 is 46.9 Å². The third-order valence-electron chi connectivity index (χ3n) is 9.91. The first kappa shape index (κ1) is 48.5. The van der Waals surface area contributed by atoms with Crippen molar-refractivity contribution in [1.29, 1.82) is 0 Å². The van der Waals surface area contributed by atoms with Crippen LogP contribution < -0.4 is 0 Å². The van der Waals surface area contributed by atoms with Gasteiger partial charge in [0.1, 0.15) is 0 Å². The predicted octanol–water partition coefficient (Wildman–Crippen LogP) is 9.74. The Hall–Kier alpha value is -5.64. The number of ketones is 2. The summed E-state index contributed by atoms with van der Waals surface area (Å²) in [6, 6.07) is 0. The molecular formula is C48H60O10. The second-order valence-electron chi connectivity index (χ2n) is 16.1. The molecule has 2 aliphatic rings. The van der Waals surface area contributed by atoms with Crippen molar-refractivity contribution in [2.45, 2.75) is 120 Å². The minimum Gasteiger partial charge on any atom is -0.481 e. The molecule has 0 heterocycles. The highest BCUT2D eigenvalue weighted by Crippen LogP contribution is 2.42. The molecule has 0 radical (unpaired) electrons. The topological polar surface area (TPSA) is 161 Å². The minimum atomic E-state index is -1.09. The Labute approximate surface area is 343 Å². The van der Waals surface area contributed by atoms with Crippen LogP contribution >= 0.6 is 0 Å². The molecule has 58 heavy (non-hydrogen) atoms. The largest absolute Gasteiger partial charge is 0.481 e. The quantitative estimate of drug-likeness (QED) is 0.101. The summed E-state index contributed by atoms with van der Waals surface area (Å²) in [7, 11) is 0. The van der Waals surface area contributed by atoms with E-state index in [4.69, 9.17) is 19.7 Å². The summed E-state index contributed by atoms with van der Waals surface area (Å²) in [4.78, 5) is 71.7. The molecule has 10 heteroatoms. The molecular weight excluding hydrogens is 737 g/mol. The van der Waals surface area contributed by atoms with Crippen molar-refractivity contribution in [3.05, 3.63) is 130 Å². The van der Waals surface area contributed by atoms with Crippen LogP contribution in [0.3, 0.4) is 0 Å². The minimum absolute atomic E-state index is 0.263. The number of rotatable bonds is 18. The fraction of sp³-hybridized carbons (Fsp3) is 0.417. The van der Waals surface area contributed by atoms with Gasteiger partial charge in [0, 0.05) is 12.8 Å². The zero-order valence-corrected chi connectivity index (χ0v) is 35.6. The number of aliphatic carboxylic acids is 2. The van der Waals surface area contributed by atoms with Gasteiger partial charge in [-0.1, -0.05) is 135 Å². The van der Waals surface area contributed by atoms with Crippen LogP contribution in [-0.4, -0.2) is 57.9 Å². The van der Waals surface area contributed by atoms with Crippen molar-refractivity contribution >= 4 is 35.4 Å². The lowest BCUT2D eigenvalue weighted by atomic mass is 9.71. The predicted molar refractivity (Wildman–Crippen MR) is 226 cm³/mol. The van der Waals surface area contributed by atoms with Gasteiger partial charge >= 0.3 is 23.9 Å². The molecule has 0 fully saturated rings. The first-order chi connectivity index (χ1) is 27.0. The van der Waals surface area contributed by atoms with E-state index in [0.29, 0.717) is 24.0 Å². The maximum atomic E-state index is 13.0. The van der Waals surface area contributed by atoms with Crippen LogP contribution in [0, 0.1) is 10.8 Å². The molecule has 2 rings (SSSR count). The summed E-state index contributed by atoms with van der Waals surface area (Å²) in [6.45, 7) is 19.4. The van der Waals surface area contributed by atoms with E-state index in [9.17, 15) is 28.8 Å². The standard InChI is InChI=1S/C48H60O10/c1-31(17-13-19-33(3)21-23-37-35(5)45(55)39(29-47(37,7)8)57-43(53)27-25-41(49)50)15-11-12-16-32(2)18-14-20-34(4)22-24-38-36(6)46(56)40(30-48(38,9)10)58-44(54)28-26-42(51)52/h11-24,39-40H,25-30H2,1-10H3,(H,49,50)(H,51,52)/b12-11+,17-13+,18-14+,23-21+,24-22+,31-15+,32-16+,33-19+,34-20+. The second kappa shape index (κ2) is 22.3. The summed E-state index contributed by atoms with van der Waals surface area (Å²) in [5.74, 6) is -4.09. The first-order valence-corrected chi connectivity index (χ1v) is 19.5. The molecule has 0 aliphatic heterocycles. The number of hydrogen-bond donors (Lipinski definition) is 2. The fourth-order valence-electron chi connectivity index (χ4n) is 6.61. The Morgan fingerprint density at radius 1 is 0.552 bits per heavy atom. The van der Waals surface area contributed by atoms with Crippen LogP contribution in [0.1, 0.15) is 108 Å². The first-order valence-electron chi connectivity index (χ1n) is 19.5. The summed E-state index contributed by atoms with van der Waals surface area (Å²) >= 11 is 0. The van der Waals surface area contributed by atoms with Gasteiger partial charge in [-0.15, -0.1) is 0 Å². The summed E-state index contributed by atoms with van der Waals surface area (Å²) in [5.41, 5.74) is 6.02. The van der Waals surface area contributed by atoms with E-state index in [2.05, 4.69) is 0 Å². The Balaban J connectivity index is 1.97. The monoisotopic (exact) mass is 796 g/mol. The number of carbonyl (C=O) groups excluding carboxylic acids is 4.